The Balaban J connectivity index is 1.86. The molecule has 1 saturated carbocycles. The summed E-state index contributed by atoms with van der Waals surface area (Å²) in [6.07, 6.45) is 6.30. The van der Waals surface area contributed by atoms with E-state index in [0.29, 0.717) is 0 Å². The van der Waals surface area contributed by atoms with E-state index in [9.17, 15) is 0 Å². The van der Waals surface area contributed by atoms with Gasteiger partial charge in [-0.25, -0.2) is 4.98 Å². The number of thiazole rings is 1. The van der Waals surface area contributed by atoms with Crippen LogP contribution in [0.4, 0.5) is 0 Å². The number of hydrogen-bond acceptors (Lipinski definition) is 3. The van der Waals surface area contributed by atoms with Crippen LogP contribution in [0.2, 0.25) is 0 Å². The third kappa shape index (κ3) is 2.58. The predicted octanol–water partition coefficient (Wildman–Crippen LogP) is 5.12. The van der Waals surface area contributed by atoms with E-state index in [-0.39, 0.29) is 5.41 Å². The van der Waals surface area contributed by atoms with Crippen LogP contribution in [0.3, 0.4) is 0 Å². The molecule has 1 aliphatic rings. The topological polar surface area (TPSA) is 38.9 Å². The Labute approximate surface area is 141 Å². The second-order valence-corrected chi connectivity index (χ2v) is 7.61. The van der Waals surface area contributed by atoms with Gasteiger partial charge >= 0.3 is 0 Å². The van der Waals surface area contributed by atoms with Crippen molar-refractivity contribution in [2.24, 2.45) is 5.73 Å². The summed E-state index contributed by atoms with van der Waals surface area (Å²) < 4.78 is 1.25. The molecule has 1 aromatic heterocycles. The number of aromatic nitrogens is 1. The Bertz CT molecular complexity index is 782. The minimum Gasteiger partial charge on any atom is -0.330 e. The van der Waals surface area contributed by atoms with Gasteiger partial charge in [0.1, 0.15) is 5.01 Å². The highest BCUT2D eigenvalue weighted by Crippen LogP contribution is 2.44. The maximum Gasteiger partial charge on any atom is 0.124 e. The molecule has 3 heteroatoms. The fourth-order valence-corrected chi connectivity index (χ4v) is 4.94. The van der Waals surface area contributed by atoms with Crippen molar-refractivity contribution in [2.45, 2.75) is 37.5 Å². The highest BCUT2D eigenvalue weighted by molar-refractivity contribution is 7.21. The molecule has 23 heavy (non-hydrogen) atoms. The van der Waals surface area contributed by atoms with Crippen LogP contribution < -0.4 is 5.73 Å². The molecule has 0 aliphatic heterocycles. The summed E-state index contributed by atoms with van der Waals surface area (Å²) in [7, 11) is 0. The Kier molecular flexibility index (Phi) is 3.92. The van der Waals surface area contributed by atoms with Gasteiger partial charge in [0.05, 0.1) is 10.2 Å². The van der Waals surface area contributed by atoms with Crippen LogP contribution in [0.25, 0.3) is 20.8 Å². The van der Waals surface area contributed by atoms with Crippen LogP contribution in [0.5, 0.6) is 0 Å². The number of para-hydroxylation sites is 1. The molecule has 0 saturated heterocycles. The van der Waals surface area contributed by atoms with Gasteiger partial charge in [-0.1, -0.05) is 55.7 Å². The van der Waals surface area contributed by atoms with Gasteiger partial charge in [0, 0.05) is 17.5 Å². The van der Waals surface area contributed by atoms with Crippen molar-refractivity contribution in [1.29, 1.82) is 0 Å². The first-order valence-electron chi connectivity index (χ1n) is 8.48. The highest BCUT2D eigenvalue weighted by Gasteiger charge is 2.34. The molecule has 0 radical (unpaired) electrons. The zero-order valence-corrected chi connectivity index (χ0v) is 14.1. The van der Waals surface area contributed by atoms with Crippen molar-refractivity contribution in [3.63, 3.8) is 0 Å². The van der Waals surface area contributed by atoms with Crippen molar-refractivity contribution < 1.29 is 0 Å². The molecule has 0 spiro atoms. The Morgan fingerprint density at radius 2 is 1.70 bits per heavy atom. The normalized spacial score (nSPS) is 17.4. The standard InChI is InChI=1S/C20H22N2S/c21-14-20(12-6-1-7-13-20)16-9-3-2-8-15(16)19-22-17-10-4-5-11-18(17)23-19/h2-5,8-11H,1,6-7,12-14,21H2. The number of nitrogens with zero attached hydrogens (tertiary/aromatic N) is 1. The number of nitrogens with two attached hydrogens (primary N) is 1. The van der Waals surface area contributed by atoms with Crippen LogP contribution in [0.1, 0.15) is 37.7 Å². The zero-order chi connectivity index (χ0) is 15.7. The van der Waals surface area contributed by atoms with E-state index in [1.54, 1.807) is 11.3 Å². The van der Waals surface area contributed by atoms with Crippen molar-refractivity contribution in [2.75, 3.05) is 6.54 Å². The molecule has 118 valence electrons. The van der Waals surface area contributed by atoms with Gasteiger partial charge in [0.25, 0.3) is 0 Å². The molecule has 1 heterocycles. The molecule has 1 aliphatic carbocycles. The van der Waals surface area contributed by atoms with Crippen molar-refractivity contribution >= 4 is 21.6 Å². The predicted molar refractivity (Wildman–Crippen MR) is 98.9 cm³/mol. The molecular formula is C20H22N2S. The molecule has 2 N–H and O–H groups in total. The van der Waals surface area contributed by atoms with Crippen LogP contribution >= 0.6 is 11.3 Å². The van der Waals surface area contributed by atoms with Gasteiger partial charge in [-0.2, -0.15) is 0 Å². The van der Waals surface area contributed by atoms with E-state index in [1.807, 2.05) is 0 Å². The van der Waals surface area contributed by atoms with Crippen molar-refractivity contribution in [3.05, 3.63) is 54.1 Å². The summed E-state index contributed by atoms with van der Waals surface area (Å²) in [6.45, 7) is 0.731. The molecule has 1 fully saturated rings. The monoisotopic (exact) mass is 322 g/mol. The third-order valence-electron chi connectivity index (χ3n) is 5.22. The van der Waals surface area contributed by atoms with E-state index in [2.05, 4.69) is 48.5 Å². The number of benzene rings is 2. The van der Waals surface area contributed by atoms with E-state index in [0.717, 1.165) is 17.1 Å². The first kappa shape index (κ1) is 14.9. The van der Waals surface area contributed by atoms with Crippen LogP contribution in [0, 0.1) is 0 Å². The van der Waals surface area contributed by atoms with Crippen molar-refractivity contribution in [1.82, 2.24) is 4.98 Å². The zero-order valence-electron chi connectivity index (χ0n) is 13.3. The third-order valence-corrected chi connectivity index (χ3v) is 6.29. The minimum absolute atomic E-state index is 0.132. The summed E-state index contributed by atoms with van der Waals surface area (Å²) in [5.74, 6) is 0. The quantitative estimate of drug-likeness (QED) is 0.726. The largest absolute Gasteiger partial charge is 0.330 e. The fourth-order valence-electron chi connectivity index (χ4n) is 3.93. The van der Waals surface area contributed by atoms with Gasteiger partial charge in [-0.15, -0.1) is 11.3 Å². The lowest BCUT2D eigenvalue weighted by molar-refractivity contribution is 0.301. The van der Waals surface area contributed by atoms with Crippen LogP contribution in [-0.4, -0.2) is 11.5 Å². The van der Waals surface area contributed by atoms with Crippen LogP contribution in [-0.2, 0) is 5.41 Å². The average Bonchev–Trinajstić information content (AvgIpc) is 3.06. The van der Waals surface area contributed by atoms with Gasteiger partial charge in [0.2, 0.25) is 0 Å². The first-order valence-corrected chi connectivity index (χ1v) is 9.30. The minimum atomic E-state index is 0.132. The SMILES string of the molecule is NCC1(c2ccccc2-c2nc3ccccc3s2)CCCCC1. The van der Waals surface area contributed by atoms with E-state index < -0.39 is 0 Å². The first-order chi connectivity index (χ1) is 11.3. The van der Waals surface area contributed by atoms with Gasteiger partial charge in [-0.3, -0.25) is 0 Å². The maximum absolute atomic E-state index is 6.28. The summed E-state index contributed by atoms with van der Waals surface area (Å²) in [5.41, 5.74) is 10.2. The molecule has 2 aromatic carbocycles. The molecule has 2 nitrogen and oxygen atoms in total. The lowest BCUT2D eigenvalue weighted by Gasteiger charge is -2.38. The summed E-state index contributed by atoms with van der Waals surface area (Å²) in [6, 6.07) is 17.2. The molecule has 0 bridgehead atoms. The Hall–Kier alpha value is -1.71. The number of fused-ring (bicyclic) bond motifs is 1. The number of rotatable bonds is 3. The van der Waals surface area contributed by atoms with Crippen molar-refractivity contribution in [3.8, 4) is 10.6 Å². The summed E-state index contributed by atoms with van der Waals surface area (Å²) in [4.78, 5) is 4.88. The van der Waals surface area contributed by atoms with E-state index >= 15 is 0 Å². The van der Waals surface area contributed by atoms with Gasteiger partial charge in [-0.05, 0) is 30.5 Å². The summed E-state index contributed by atoms with van der Waals surface area (Å²) >= 11 is 1.79. The summed E-state index contributed by atoms with van der Waals surface area (Å²) in [5, 5.41) is 1.13. The Morgan fingerprint density at radius 3 is 2.48 bits per heavy atom. The molecule has 0 unspecified atom stereocenters. The maximum atomic E-state index is 6.28. The van der Waals surface area contributed by atoms with E-state index in [4.69, 9.17) is 10.7 Å². The molecule has 4 rings (SSSR count). The highest BCUT2D eigenvalue weighted by atomic mass is 32.1. The second kappa shape index (κ2) is 6.06. The smallest absolute Gasteiger partial charge is 0.124 e. The van der Waals surface area contributed by atoms with Crippen LogP contribution in [0.15, 0.2) is 48.5 Å². The second-order valence-electron chi connectivity index (χ2n) is 6.58. The van der Waals surface area contributed by atoms with E-state index in [1.165, 1.54) is 47.9 Å². The van der Waals surface area contributed by atoms with Gasteiger partial charge in [0.15, 0.2) is 0 Å². The molecule has 0 atom stereocenters. The number of hydrogen-bond donors (Lipinski definition) is 1. The molecular weight excluding hydrogens is 300 g/mol. The van der Waals surface area contributed by atoms with Gasteiger partial charge < -0.3 is 5.73 Å². The lowest BCUT2D eigenvalue weighted by atomic mass is 9.68. The average molecular weight is 322 g/mol. The molecule has 3 aromatic rings. The molecule has 0 amide bonds. The fraction of sp³-hybridized carbons (Fsp3) is 0.350. The lowest BCUT2D eigenvalue weighted by Crippen LogP contribution is -2.37. The Morgan fingerprint density at radius 1 is 0.957 bits per heavy atom.